The van der Waals surface area contributed by atoms with Gasteiger partial charge in [0, 0.05) is 29.7 Å². The predicted octanol–water partition coefficient (Wildman–Crippen LogP) is 5.49. The zero-order chi connectivity index (χ0) is 29.9. The molecule has 0 saturated heterocycles. The molecular formula is C30H35N5O5S. The number of carboxylic acids is 1. The summed E-state index contributed by atoms with van der Waals surface area (Å²) in [6.45, 7) is 12.7. The number of sulfonamides is 1. The van der Waals surface area contributed by atoms with Crippen molar-refractivity contribution in [2.24, 2.45) is 0 Å². The van der Waals surface area contributed by atoms with E-state index in [0.717, 1.165) is 50.8 Å². The molecule has 3 heterocycles. The van der Waals surface area contributed by atoms with Crippen LogP contribution < -0.4 is 9.62 Å². The molecule has 0 spiro atoms. The number of hydrogen-bond donors (Lipinski definition) is 2. The first-order valence-electron chi connectivity index (χ1n) is 13.4. The van der Waals surface area contributed by atoms with Gasteiger partial charge in [-0.1, -0.05) is 29.8 Å². The number of rotatable bonds is 7. The van der Waals surface area contributed by atoms with E-state index in [1.807, 2.05) is 63.8 Å². The van der Waals surface area contributed by atoms with Crippen LogP contribution in [0.5, 0.6) is 0 Å². The molecule has 1 atom stereocenters. The highest BCUT2D eigenvalue weighted by Crippen LogP contribution is 2.49. The van der Waals surface area contributed by atoms with Gasteiger partial charge in [-0.15, -0.1) is 0 Å². The lowest BCUT2D eigenvalue weighted by atomic mass is 9.87. The van der Waals surface area contributed by atoms with Crippen LogP contribution in [0.3, 0.4) is 0 Å². The zero-order valence-electron chi connectivity index (χ0n) is 24.3. The van der Waals surface area contributed by atoms with E-state index in [1.54, 1.807) is 0 Å². The summed E-state index contributed by atoms with van der Waals surface area (Å²) >= 11 is 0. The Balaban J connectivity index is 1.82. The maximum Gasteiger partial charge on any atom is 0.337 e. The van der Waals surface area contributed by atoms with Crippen LogP contribution >= 0.6 is 0 Å². The molecule has 1 aliphatic rings. The van der Waals surface area contributed by atoms with Gasteiger partial charge in [0.1, 0.15) is 0 Å². The molecule has 0 fully saturated rings. The van der Waals surface area contributed by atoms with Crippen LogP contribution in [0.25, 0.3) is 22.0 Å². The van der Waals surface area contributed by atoms with Gasteiger partial charge in [-0.05, 0) is 64.3 Å². The van der Waals surface area contributed by atoms with Crippen LogP contribution in [-0.4, -0.2) is 52.4 Å². The van der Waals surface area contributed by atoms with Gasteiger partial charge in [0.05, 0.1) is 41.1 Å². The van der Waals surface area contributed by atoms with E-state index in [1.165, 1.54) is 12.4 Å². The molecule has 0 aliphatic carbocycles. The Morgan fingerprint density at radius 3 is 2.27 bits per heavy atom. The summed E-state index contributed by atoms with van der Waals surface area (Å²) in [5.41, 5.74) is 6.54. The van der Waals surface area contributed by atoms with Crippen molar-refractivity contribution in [3.05, 3.63) is 65.1 Å². The van der Waals surface area contributed by atoms with Crippen molar-refractivity contribution in [3.63, 3.8) is 0 Å². The van der Waals surface area contributed by atoms with Crippen LogP contribution in [-0.2, 0) is 26.1 Å². The Morgan fingerprint density at radius 2 is 1.71 bits per heavy atom. The zero-order valence-corrected chi connectivity index (χ0v) is 25.1. The largest absolute Gasteiger partial charge is 0.479 e. The van der Waals surface area contributed by atoms with Crippen molar-refractivity contribution in [1.29, 1.82) is 0 Å². The van der Waals surface area contributed by atoms with E-state index >= 15 is 0 Å². The number of nitrogens with zero attached hydrogens (tertiary/aromatic N) is 4. The van der Waals surface area contributed by atoms with Crippen LogP contribution in [0.15, 0.2) is 42.7 Å². The molecule has 4 aromatic rings. The number of anilines is 3. The molecule has 0 amide bonds. The minimum atomic E-state index is -3.48. The summed E-state index contributed by atoms with van der Waals surface area (Å²) < 4.78 is 34.2. The molecular weight excluding hydrogens is 542 g/mol. The number of aromatic nitrogens is 3. The molecule has 0 radical (unpaired) electrons. The lowest BCUT2D eigenvalue weighted by Gasteiger charge is -2.35. The van der Waals surface area contributed by atoms with Crippen LogP contribution in [0, 0.1) is 20.8 Å². The van der Waals surface area contributed by atoms with E-state index < -0.39 is 27.7 Å². The summed E-state index contributed by atoms with van der Waals surface area (Å²) in [5, 5.41) is 11.4. The first-order valence-corrected chi connectivity index (χ1v) is 15.2. The number of aliphatic carboxylic acids is 1. The minimum absolute atomic E-state index is 0.259. The summed E-state index contributed by atoms with van der Waals surface area (Å²) in [5.74, 6) is -0.690. The Bertz CT molecular complexity index is 1750. The molecule has 0 saturated carbocycles. The van der Waals surface area contributed by atoms with Crippen molar-refractivity contribution < 1.29 is 23.1 Å². The smallest absolute Gasteiger partial charge is 0.337 e. The second-order valence-electron chi connectivity index (χ2n) is 11.6. The molecule has 1 aliphatic heterocycles. The molecule has 2 aromatic carbocycles. The predicted molar refractivity (Wildman–Crippen MR) is 160 cm³/mol. The first kappa shape index (κ1) is 28.6. The quantitative estimate of drug-likeness (QED) is 0.295. The molecule has 216 valence electrons. The number of nitrogens with one attached hydrogen (secondary N) is 1. The standard InChI is InChI=1S/C30H35N5O5S/c1-17-8-10-20(11-9-17)24-22-14-18(2)34-12-13-35(29-31-15-21(16-32-29)33-41(7,38)39)25(26(22)34)19(3)23(24)27(28(36)37)40-30(4,5)6/h8-11,14-16,27,33H,12-13H2,1-7H3,(H,36,37)/t27-/m0/s1. The molecule has 41 heavy (non-hydrogen) atoms. The van der Waals surface area contributed by atoms with E-state index in [-0.39, 0.29) is 5.69 Å². The van der Waals surface area contributed by atoms with Gasteiger partial charge in [0.15, 0.2) is 6.10 Å². The number of carboxylic acid groups (broad SMARTS) is 1. The second-order valence-corrected chi connectivity index (χ2v) is 13.3. The Kier molecular flexibility index (Phi) is 7.07. The van der Waals surface area contributed by atoms with Crippen LogP contribution in [0.2, 0.25) is 0 Å². The fraction of sp³-hybridized carbons (Fsp3) is 0.367. The lowest BCUT2D eigenvalue weighted by Crippen LogP contribution is -2.32. The average molecular weight is 578 g/mol. The highest BCUT2D eigenvalue weighted by molar-refractivity contribution is 7.92. The molecule has 10 nitrogen and oxygen atoms in total. The Labute approximate surface area is 240 Å². The number of ether oxygens (including phenoxy) is 1. The molecule has 2 aromatic heterocycles. The van der Waals surface area contributed by atoms with Crippen molar-refractivity contribution in [1.82, 2.24) is 14.5 Å². The third-order valence-corrected chi connectivity index (χ3v) is 7.73. The van der Waals surface area contributed by atoms with E-state index in [9.17, 15) is 18.3 Å². The third-order valence-electron chi connectivity index (χ3n) is 7.12. The van der Waals surface area contributed by atoms with E-state index in [4.69, 9.17) is 4.74 Å². The van der Waals surface area contributed by atoms with E-state index in [0.29, 0.717) is 24.6 Å². The van der Waals surface area contributed by atoms with Crippen molar-refractivity contribution in [2.45, 2.75) is 59.8 Å². The highest BCUT2D eigenvalue weighted by atomic mass is 32.2. The number of aryl methyl sites for hydroxylation is 2. The third kappa shape index (κ3) is 5.51. The summed E-state index contributed by atoms with van der Waals surface area (Å²) in [4.78, 5) is 23.8. The van der Waals surface area contributed by atoms with Gasteiger partial charge in [-0.25, -0.2) is 23.2 Å². The van der Waals surface area contributed by atoms with Crippen LogP contribution in [0.1, 0.15) is 49.3 Å². The number of carbonyl (C=O) groups is 1. The van der Waals surface area contributed by atoms with Gasteiger partial charge < -0.3 is 19.3 Å². The van der Waals surface area contributed by atoms with E-state index in [2.05, 4.69) is 32.2 Å². The summed E-state index contributed by atoms with van der Waals surface area (Å²) in [7, 11) is -3.48. The maximum absolute atomic E-state index is 12.9. The van der Waals surface area contributed by atoms with Crippen LogP contribution in [0.4, 0.5) is 17.3 Å². The molecule has 2 N–H and O–H groups in total. The molecule has 0 unspecified atom stereocenters. The average Bonchev–Trinajstić information content (AvgIpc) is 3.20. The summed E-state index contributed by atoms with van der Waals surface area (Å²) in [6.07, 6.45) is 2.69. The van der Waals surface area contributed by atoms with Gasteiger partial charge in [0.25, 0.3) is 0 Å². The first-order chi connectivity index (χ1) is 19.1. The van der Waals surface area contributed by atoms with Crippen molar-refractivity contribution in [2.75, 3.05) is 22.4 Å². The number of benzene rings is 2. The fourth-order valence-electron chi connectivity index (χ4n) is 5.56. The van der Waals surface area contributed by atoms with Gasteiger partial charge >= 0.3 is 5.97 Å². The van der Waals surface area contributed by atoms with Crippen molar-refractivity contribution >= 4 is 44.2 Å². The van der Waals surface area contributed by atoms with Gasteiger partial charge in [-0.3, -0.25) is 4.72 Å². The van der Waals surface area contributed by atoms with Gasteiger partial charge in [-0.2, -0.15) is 0 Å². The highest BCUT2D eigenvalue weighted by Gasteiger charge is 2.36. The lowest BCUT2D eigenvalue weighted by molar-refractivity contribution is -0.160. The normalized spacial score (nSPS) is 14.4. The summed E-state index contributed by atoms with van der Waals surface area (Å²) in [6, 6.07) is 10.2. The Hall–Kier alpha value is -3.96. The Morgan fingerprint density at radius 1 is 1.07 bits per heavy atom. The monoisotopic (exact) mass is 577 g/mol. The molecule has 0 bridgehead atoms. The maximum atomic E-state index is 12.9. The number of hydrogen-bond acceptors (Lipinski definition) is 7. The molecule has 5 rings (SSSR count). The fourth-order valence-corrected chi connectivity index (χ4v) is 6.10. The molecule has 11 heteroatoms. The minimum Gasteiger partial charge on any atom is -0.479 e. The SMILES string of the molecule is Cc1ccc(-c2c([C@H](OC(C)(C)C)C(=O)O)c(C)c3c4c2cc(C)n4CCN3c2ncc(NS(C)(=O)=O)cn2)cc1. The topological polar surface area (TPSA) is 127 Å². The second kappa shape index (κ2) is 10.1. The van der Waals surface area contributed by atoms with Gasteiger partial charge in [0.2, 0.25) is 16.0 Å². The van der Waals surface area contributed by atoms with Crippen molar-refractivity contribution in [3.8, 4) is 11.1 Å².